The zero-order valence-electron chi connectivity index (χ0n) is 48.4. The Morgan fingerprint density at radius 2 is 0.589 bits per heavy atom. The van der Waals surface area contributed by atoms with Crippen LogP contribution in [0, 0.1) is 11.3 Å². The van der Waals surface area contributed by atoms with Gasteiger partial charge in [-0.15, -0.1) is 0 Å². The fraction of sp³-hybridized carbons (Fsp3) is 0. The van der Waals surface area contributed by atoms with Crippen LogP contribution in [-0.2, 0) is 0 Å². The smallest absolute Gasteiger partial charge is 0.164 e. The largest absolute Gasteiger partial charge is 0.309 e. The van der Waals surface area contributed by atoms with E-state index < -0.39 is 0 Å². The maximum Gasteiger partial charge on any atom is 0.164 e. The van der Waals surface area contributed by atoms with E-state index in [1.807, 2.05) is 60.7 Å². The standard InChI is InChI=1S/C82H50N8/c83-51-52-35-37-53(38-36-52)56-39-44-78(90-76-34-18-12-28-65(76)70-50-59(42-46-79(70)90)88-73-31-15-9-25-62(73)63-26-10-16-32-74(63)88)68(47-56)67-48-57(40-43-66(67)82-85-80(54-19-3-1-4-20-54)84-81(86-82)55-21-5-2-6-22-55)89-75-33-17-11-27-64(75)69-49-58(41-45-77(69)89)87-71-29-13-7-23-60(71)61-24-8-14-30-72(61)87/h1-50H. The first-order chi connectivity index (χ1) is 44.6. The minimum atomic E-state index is 0.537. The molecule has 13 aromatic carbocycles. The van der Waals surface area contributed by atoms with E-state index in [0.717, 1.165) is 127 Å². The predicted molar refractivity (Wildman–Crippen MR) is 369 cm³/mol. The number of aromatic nitrogens is 7. The summed E-state index contributed by atoms with van der Waals surface area (Å²) in [6.07, 6.45) is 0. The summed E-state index contributed by atoms with van der Waals surface area (Å²) in [6, 6.07) is 110. The Hall–Kier alpha value is -12.4. The van der Waals surface area contributed by atoms with Gasteiger partial charge in [-0.25, -0.2) is 15.0 Å². The molecule has 0 saturated carbocycles. The maximum absolute atomic E-state index is 9.99. The van der Waals surface area contributed by atoms with E-state index in [-0.39, 0.29) is 0 Å². The molecule has 90 heavy (non-hydrogen) atoms. The molecule has 0 aliphatic carbocycles. The first kappa shape index (κ1) is 50.8. The van der Waals surface area contributed by atoms with Gasteiger partial charge >= 0.3 is 0 Å². The van der Waals surface area contributed by atoms with Gasteiger partial charge in [0.25, 0.3) is 0 Å². The Morgan fingerprint density at radius 3 is 1.04 bits per heavy atom. The van der Waals surface area contributed by atoms with E-state index in [2.05, 4.69) is 267 Å². The van der Waals surface area contributed by atoms with Gasteiger partial charge in [-0.05, 0) is 132 Å². The molecule has 0 aliphatic rings. The Balaban J connectivity index is 0.922. The summed E-state index contributed by atoms with van der Waals surface area (Å²) in [5.74, 6) is 1.68. The molecule has 0 N–H and O–H groups in total. The van der Waals surface area contributed by atoms with Crippen molar-refractivity contribution in [3.05, 3.63) is 309 Å². The lowest BCUT2D eigenvalue weighted by atomic mass is 9.92. The molecule has 8 nitrogen and oxygen atoms in total. The highest BCUT2D eigenvalue weighted by Crippen LogP contribution is 2.45. The second-order valence-corrected chi connectivity index (χ2v) is 23.0. The van der Waals surface area contributed by atoms with Gasteiger partial charge in [0, 0.05) is 82.4 Å². The van der Waals surface area contributed by atoms with Gasteiger partial charge in [0.1, 0.15) is 0 Å². The van der Waals surface area contributed by atoms with Crippen LogP contribution in [0.4, 0.5) is 0 Å². The monoisotopic (exact) mass is 1150 g/mol. The van der Waals surface area contributed by atoms with Crippen molar-refractivity contribution in [2.45, 2.75) is 0 Å². The molecule has 8 heteroatoms. The van der Waals surface area contributed by atoms with Crippen LogP contribution in [0.2, 0.25) is 0 Å². The van der Waals surface area contributed by atoms with E-state index in [0.29, 0.717) is 23.0 Å². The molecular formula is C82H50N8. The molecule has 0 amide bonds. The Bertz CT molecular complexity index is 5810. The molecule has 18 aromatic rings. The quantitative estimate of drug-likeness (QED) is 0.144. The highest BCUT2D eigenvalue weighted by Gasteiger charge is 2.25. The van der Waals surface area contributed by atoms with Crippen LogP contribution >= 0.6 is 0 Å². The number of fused-ring (bicyclic) bond motifs is 12. The molecular weight excluding hydrogens is 1100 g/mol. The summed E-state index contributed by atoms with van der Waals surface area (Å²) in [6.45, 7) is 0. The Morgan fingerprint density at radius 1 is 0.233 bits per heavy atom. The van der Waals surface area contributed by atoms with E-state index in [1.165, 1.54) is 21.5 Å². The van der Waals surface area contributed by atoms with Crippen molar-refractivity contribution in [1.82, 2.24) is 33.2 Å². The van der Waals surface area contributed by atoms with Gasteiger partial charge in [-0.2, -0.15) is 5.26 Å². The van der Waals surface area contributed by atoms with E-state index in [4.69, 9.17) is 15.0 Å². The average Bonchev–Trinajstić information content (AvgIpc) is 1.73. The molecule has 0 fully saturated rings. The van der Waals surface area contributed by atoms with E-state index in [1.54, 1.807) is 0 Å². The van der Waals surface area contributed by atoms with Crippen LogP contribution < -0.4 is 0 Å². The second-order valence-electron chi connectivity index (χ2n) is 23.0. The molecule has 0 spiro atoms. The minimum Gasteiger partial charge on any atom is -0.309 e. The molecule has 18 rings (SSSR count). The second kappa shape index (κ2) is 20.3. The third-order valence-electron chi connectivity index (χ3n) is 18.1. The van der Waals surface area contributed by atoms with Crippen LogP contribution in [0.3, 0.4) is 0 Å². The summed E-state index contributed by atoms with van der Waals surface area (Å²) in [4.78, 5) is 16.1. The lowest BCUT2D eigenvalue weighted by Crippen LogP contribution is -2.04. The van der Waals surface area contributed by atoms with Gasteiger partial charge in [-0.1, -0.05) is 188 Å². The Kier molecular flexibility index (Phi) is 11.5. The van der Waals surface area contributed by atoms with Crippen LogP contribution in [0.25, 0.3) is 166 Å². The molecule has 0 aliphatic heterocycles. The van der Waals surface area contributed by atoms with E-state index in [9.17, 15) is 5.26 Å². The van der Waals surface area contributed by atoms with Gasteiger partial charge in [0.05, 0.1) is 61.5 Å². The molecule has 5 aromatic heterocycles. The SMILES string of the molecule is N#Cc1ccc(-c2ccc(-n3c4ccccc4c4cc(-n5c6ccccc6c6ccccc65)ccc43)c(-c3cc(-n4c5ccccc5c5cc(-n6c7ccccc7c7ccccc76)ccc54)ccc3-c3nc(-c4ccccc4)nc(-c4ccccc4)n3)c2)cc1. The summed E-state index contributed by atoms with van der Waals surface area (Å²) >= 11 is 0. The molecule has 418 valence electrons. The predicted octanol–water partition coefficient (Wildman–Crippen LogP) is 20.5. The number of para-hydroxylation sites is 6. The van der Waals surface area contributed by atoms with Gasteiger partial charge in [0.15, 0.2) is 17.5 Å². The average molecular weight is 1150 g/mol. The van der Waals surface area contributed by atoms with Crippen molar-refractivity contribution in [1.29, 1.82) is 5.26 Å². The minimum absolute atomic E-state index is 0.537. The molecule has 0 radical (unpaired) electrons. The topological polar surface area (TPSA) is 82.2 Å². The molecule has 0 atom stereocenters. The van der Waals surface area contributed by atoms with Crippen molar-refractivity contribution < 1.29 is 0 Å². The van der Waals surface area contributed by atoms with Crippen molar-refractivity contribution in [3.8, 4) is 85.2 Å². The Labute approximate surface area is 516 Å². The normalized spacial score (nSPS) is 11.8. The summed E-state index contributed by atoms with van der Waals surface area (Å²) in [7, 11) is 0. The van der Waals surface area contributed by atoms with Crippen LogP contribution in [-0.4, -0.2) is 33.2 Å². The lowest BCUT2D eigenvalue weighted by molar-refractivity contribution is 1.07. The third-order valence-corrected chi connectivity index (χ3v) is 18.1. The zero-order valence-corrected chi connectivity index (χ0v) is 48.4. The molecule has 0 saturated heterocycles. The number of nitriles is 1. The van der Waals surface area contributed by atoms with Crippen LogP contribution in [0.15, 0.2) is 303 Å². The van der Waals surface area contributed by atoms with Crippen molar-refractivity contribution in [2.24, 2.45) is 0 Å². The van der Waals surface area contributed by atoms with Crippen LogP contribution in [0.5, 0.6) is 0 Å². The van der Waals surface area contributed by atoms with Crippen molar-refractivity contribution in [3.63, 3.8) is 0 Å². The summed E-state index contributed by atoms with van der Waals surface area (Å²) < 4.78 is 9.64. The van der Waals surface area contributed by atoms with Gasteiger partial charge in [0.2, 0.25) is 0 Å². The molecule has 0 bridgehead atoms. The van der Waals surface area contributed by atoms with Gasteiger partial charge in [-0.3, -0.25) is 0 Å². The highest BCUT2D eigenvalue weighted by atomic mass is 15.0. The van der Waals surface area contributed by atoms with Crippen molar-refractivity contribution >= 4 is 87.2 Å². The number of hydrogen-bond donors (Lipinski definition) is 0. The first-order valence-corrected chi connectivity index (χ1v) is 30.3. The maximum atomic E-state index is 9.99. The molecule has 5 heterocycles. The molecule has 0 unspecified atom stereocenters. The number of benzene rings is 13. The number of rotatable bonds is 9. The summed E-state index contributed by atoms with van der Waals surface area (Å²) in [5, 5.41) is 19.4. The fourth-order valence-corrected chi connectivity index (χ4v) is 14.0. The van der Waals surface area contributed by atoms with E-state index >= 15 is 0 Å². The summed E-state index contributed by atoms with van der Waals surface area (Å²) in [5.41, 5.74) is 20.1. The number of nitrogens with zero attached hydrogens (tertiary/aromatic N) is 8. The highest BCUT2D eigenvalue weighted by molar-refractivity contribution is 6.15. The first-order valence-electron chi connectivity index (χ1n) is 30.3. The lowest BCUT2D eigenvalue weighted by Gasteiger charge is -2.20. The fourth-order valence-electron chi connectivity index (χ4n) is 14.0. The number of hydrogen-bond acceptors (Lipinski definition) is 4. The third kappa shape index (κ3) is 7.97. The van der Waals surface area contributed by atoms with Crippen molar-refractivity contribution in [2.75, 3.05) is 0 Å². The van der Waals surface area contributed by atoms with Crippen LogP contribution in [0.1, 0.15) is 5.56 Å². The zero-order chi connectivity index (χ0) is 59.4. The van der Waals surface area contributed by atoms with Gasteiger partial charge < -0.3 is 18.3 Å².